The molecule has 0 aromatic heterocycles. The van der Waals surface area contributed by atoms with Crippen LogP contribution in [0.2, 0.25) is 0 Å². The first kappa shape index (κ1) is 18.3. The number of rotatable bonds is 5. The monoisotopic (exact) mass is 379 g/mol. The SMILES string of the molecule is COc1ccc(C(=O)Oc2ccc3ccccc3c2/C=N/NC(N)=S)cc1. The molecule has 3 rings (SSSR count). The largest absolute Gasteiger partial charge is 0.497 e. The summed E-state index contributed by atoms with van der Waals surface area (Å²) in [5, 5.41) is 5.92. The number of hydrogen-bond donors (Lipinski definition) is 2. The lowest BCUT2D eigenvalue weighted by atomic mass is 10.0. The van der Waals surface area contributed by atoms with E-state index in [1.54, 1.807) is 37.4 Å². The zero-order valence-electron chi connectivity index (χ0n) is 14.5. The maximum atomic E-state index is 12.5. The van der Waals surface area contributed by atoms with Gasteiger partial charge in [0.1, 0.15) is 11.5 Å². The Bertz CT molecular complexity index is 1020. The van der Waals surface area contributed by atoms with Gasteiger partial charge in [-0.2, -0.15) is 5.10 Å². The molecular weight excluding hydrogens is 362 g/mol. The first-order valence-corrected chi connectivity index (χ1v) is 8.46. The summed E-state index contributed by atoms with van der Waals surface area (Å²) >= 11 is 4.75. The molecule has 7 heteroatoms. The highest BCUT2D eigenvalue weighted by Gasteiger charge is 2.13. The second-order valence-electron chi connectivity index (χ2n) is 5.55. The van der Waals surface area contributed by atoms with Crippen LogP contribution in [0.15, 0.2) is 65.8 Å². The van der Waals surface area contributed by atoms with E-state index in [0.29, 0.717) is 22.6 Å². The summed E-state index contributed by atoms with van der Waals surface area (Å²) in [6.45, 7) is 0. The first-order chi connectivity index (χ1) is 13.1. The lowest BCUT2D eigenvalue weighted by Gasteiger charge is -2.11. The van der Waals surface area contributed by atoms with Gasteiger partial charge < -0.3 is 15.2 Å². The van der Waals surface area contributed by atoms with E-state index < -0.39 is 5.97 Å². The zero-order valence-corrected chi connectivity index (χ0v) is 15.3. The summed E-state index contributed by atoms with van der Waals surface area (Å²) in [6.07, 6.45) is 1.53. The number of benzene rings is 3. The van der Waals surface area contributed by atoms with Crippen molar-refractivity contribution >= 4 is 40.3 Å². The molecule has 3 aromatic carbocycles. The van der Waals surface area contributed by atoms with E-state index in [4.69, 9.17) is 27.4 Å². The minimum atomic E-state index is -0.482. The van der Waals surface area contributed by atoms with Gasteiger partial charge in [0.15, 0.2) is 5.11 Å². The molecule has 0 saturated heterocycles. The molecule has 0 atom stereocenters. The Hall–Kier alpha value is -3.45. The van der Waals surface area contributed by atoms with Gasteiger partial charge in [-0.1, -0.05) is 30.3 Å². The van der Waals surface area contributed by atoms with Crippen molar-refractivity contribution in [2.24, 2.45) is 10.8 Å². The van der Waals surface area contributed by atoms with Crippen LogP contribution in [0.4, 0.5) is 0 Å². The molecule has 136 valence electrons. The van der Waals surface area contributed by atoms with Gasteiger partial charge in [0.05, 0.1) is 18.9 Å². The second kappa shape index (κ2) is 8.29. The minimum Gasteiger partial charge on any atom is -0.497 e. The van der Waals surface area contributed by atoms with Gasteiger partial charge in [0.2, 0.25) is 0 Å². The maximum absolute atomic E-state index is 12.5. The van der Waals surface area contributed by atoms with Crippen LogP contribution in [-0.2, 0) is 0 Å². The van der Waals surface area contributed by atoms with Crippen molar-refractivity contribution in [1.82, 2.24) is 5.43 Å². The smallest absolute Gasteiger partial charge is 0.343 e. The Morgan fingerprint density at radius 2 is 1.85 bits per heavy atom. The lowest BCUT2D eigenvalue weighted by molar-refractivity contribution is 0.0734. The molecule has 0 spiro atoms. The highest BCUT2D eigenvalue weighted by atomic mass is 32.1. The number of thiocarbonyl (C=S) groups is 1. The molecule has 0 amide bonds. The van der Waals surface area contributed by atoms with Crippen molar-refractivity contribution in [3.05, 3.63) is 71.8 Å². The van der Waals surface area contributed by atoms with Gasteiger partial charge in [-0.15, -0.1) is 0 Å². The molecule has 0 aliphatic heterocycles. The van der Waals surface area contributed by atoms with E-state index in [0.717, 1.165) is 10.8 Å². The van der Waals surface area contributed by atoms with Crippen LogP contribution >= 0.6 is 12.2 Å². The molecule has 0 aliphatic rings. The van der Waals surface area contributed by atoms with Crippen molar-refractivity contribution in [2.75, 3.05) is 7.11 Å². The minimum absolute atomic E-state index is 0.0447. The van der Waals surface area contributed by atoms with Crippen LogP contribution in [0.25, 0.3) is 10.8 Å². The van der Waals surface area contributed by atoms with Crippen LogP contribution < -0.4 is 20.6 Å². The third-order valence-corrected chi connectivity index (χ3v) is 3.92. The highest BCUT2D eigenvalue weighted by molar-refractivity contribution is 7.80. The molecule has 0 saturated carbocycles. The molecule has 0 aliphatic carbocycles. The molecule has 0 radical (unpaired) electrons. The molecule has 6 nitrogen and oxygen atoms in total. The number of carbonyl (C=O) groups excluding carboxylic acids is 1. The van der Waals surface area contributed by atoms with E-state index in [-0.39, 0.29) is 5.11 Å². The van der Waals surface area contributed by atoms with Gasteiger partial charge in [-0.3, -0.25) is 5.43 Å². The standard InChI is InChI=1S/C20H17N3O3S/c1-25-15-9-6-14(7-10-15)19(24)26-18-11-8-13-4-2-3-5-16(13)17(18)12-22-23-20(21)27/h2-12H,1H3,(H3,21,23,27)/b22-12+. The van der Waals surface area contributed by atoms with Crippen LogP contribution in [0.3, 0.4) is 0 Å². The first-order valence-electron chi connectivity index (χ1n) is 8.05. The predicted molar refractivity (Wildman–Crippen MR) is 109 cm³/mol. The zero-order chi connectivity index (χ0) is 19.2. The molecule has 27 heavy (non-hydrogen) atoms. The number of methoxy groups -OCH3 is 1. The molecule has 3 N–H and O–H groups in total. The molecule has 0 bridgehead atoms. The fraction of sp³-hybridized carbons (Fsp3) is 0.0500. The number of nitrogens with one attached hydrogen (secondary N) is 1. The number of hydrogen-bond acceptors (Lipinski definition) is 5. The van der Waals surface area contributed by atoms with E-state index in [9.17, 15) is 4.79 Å². The van der Waals surface area contributed by atoms with Gasteiger partial charge in [0, 0.05) is 5.56 Å². The Morgan fingerprint density at radius 1 is 1.11 bits per heavy atom. The van der Waals surface area contributed by atoms with E-state index in [1.165, 1.54) is 6.21 Å². The van der Waals surface area contributed by atoms with Crippen molar-refractivity contribution in [3.8, 4) is 11.5 Å². The molecule has 0 heterocycles. The van der Waals surface area contributed by atoms with E-state index in [1.807, 2.05) is 30.3 Å². The average molecular weight is 379 g/mol. The van der Waals surface area contributed by atoms with E-state index in [2.05, 4.69) is 10.5 Å². The van der Waals surface area contributed by atoms with Gasteiger partial charge in [0.25, 0.3) is 0 Å². The Morgan fingerprint density at radius 3 is 2.56 bits per heavy atom. The number of nitrogens with zero attached hydrogens (tertiary/aromatic N) is 1. The van der Waals surface area contributed by atoms with E-state index >= 15 is 0 Å². The van der Waals surface area contributed by atoms with Crippen LogP contribution in [0, 0.1) is 0 Å². The summed E-state index contributed by atoms with van der Waals surface area (Å²) in [6, 6.07) is 18.0. The fourth-order valence-corrected chi connectivity index (χ4v) is 2.60. The summed E-state index contributed by atoms with van der Waals surface area (Å²) in [4.78, 5) is 12.5. The third kappa shape index (κ3) is 4.39. The Balaban J connectivity index is 1.95. The van der Waals surface area contributed by atoms with Crippen molar-refractivity contribution in [1.29, 1.82) is 0 Å². The number of hydrazone groups is 1. The average Bonchev–Trinajstić information content (AvgIpc) is 2.69. The van der Waals surface area contributed by atoms with Gasteiger partial charge in [-0.05, 0) is 53.3 Å². The van der Waals surface area contributed by atoms with Gasteiger partial charge >= 0.3 is 5.97 Å². The topological polar surface area (TPSA) is 85.9 Å². The quantitative estimate of drug-likeness (QED) is 0.233. The third-order valence-electron chi connectivity index (χ3n) is 3.83. The number of nitrogens with two attached hydrogens (primary N) is 1. The van der Waals surface area contributed by atoms with Crippen molar-refractivity contribution < 1.29 is 14.3 Å². The highest BCUT2D eigenvalue weighted by Crippen LogP contribution is 2.27. The number of fused-ring (bicyclic) bond motifs is 1. The van der Waals surface area contributed by atoms with Crippen molar-refractivity contribution in [2.45, 2.75) is 0 Å². The fourth-order valence-electron chi connectivity index (χ4n) is 2.54. The molecule has 3 aromatic rings. The lowest BCUT2D eigenvalue weighted by Crippen LogP contribution is -2.24. The predicted octanol–water partition coefficient (Wildman–Crippen LogP) is 3.23. The summed E-state index contributed by atoms with van der Waals surface area (Å²) in [5.74, 6) is 0.557. The van der Waals surface area contributed by atoms with Crippen molar-refractivity contribution in [3.63, 3.8) is 0 Å². The van der Waals surface area contributed by atoms with Crippen LogP contribution in [0.5, 0.6) is 11.5 Å². The molecule has 0 unspecified atom stereocenters. The summed E-state index contributed by atoms with van der Waals surface area (Å²) < 4.78 is 10.7. The van der Waals surface area contributed by atoms with Crippen LogP contribution in [0.1, 0.15) is 15.9 Å². The number of esters is 1. The van der Waals surface area contributed by atoms with Crippen LogP contribution in [-0.4, -0.2) is 24.4 Å². The second-order valence-corrected chi connectivity index (χ2v) is 5.99. The molecule has 0 fully saturated rings. The Kier molecular flexibility index (Phi) is 5.63. The molecular formula is C20H17N3O3S. The van der Waals surface area contributed by atoms with Gasteiger partial charge in [-0.25, -0.2) is 4.79 Å². The number of ether oxygens (including phenoxy) is 2. The summed E-state index contributed by atoms with van der Waals surface area (Å²) in [7, 11) is 1.56. The summed E-state index contributed by atoms with van der Waals surface area (Å²) in [5.41, 5.74) is 8.95. The normalized spacial score (nSPS) is 10.7. The maximum Gasteiger partial charge on any atom is 0.343 e. The Labute approximate surface area is 161 Å². The number of carbonyl (C=O) groups is 1.